The molecule has 0 bridgehead atoms. The predicted octanol–water partition coefficient (Wildman–Crippen LogP) is 16.3. The number of aliphatic hydroxyl groups is 2. The number of aliphatic carboxylic acids is 1. The van der Waals surface area contributed by atoms with Gasteiger partial charge in [-0.1, -0.05) is 121 Å². The van der Waals surface area contributed by atoms with E-state index in [1.807, 2.05) is 82.6 Å². The van der Waals surface area contributed by atoms with E-state index in [9.17, 15) is 68.5 Å². The molecular weight excluding hydrogens is 1570 g/mol. The van der Waals surface area contributed by atoms with Crippen molar-refractivity contribution < 1.29 is 101 Å². The highest BCUT2D eigenvalue weighted by Crippen LogP contribution is 2.49. The molecule has 4 unspecified atom stereocenters. The highest BCUT2D eigenvalue weighted by atomic mass is 35.5. The van der Waals surface area contributed by atoms with Gasteiger partial charge in [0.15, 0.2) is 0 Å². The fraction of sp³-hybridized carbons (Fsp3) is 0.471. The van der Waals surface area contributed by atoms with Crippen molar-refractivity contribution in [1.82, 2.24) is 14.7 Å². The first-order chi connectivity index (χ1) is 52.8. The summed E-state index contributed by atoms with van der Waals surface area (Å²) in [6.45, 7) is 7.30. The van der Waals surface area contributed by atoms with Crippen LogP contribution in [0.2, 0.25) is 20.1 Å². The average molecular weight is 1670 g/mol. The molecule has 4 aliphatic heterocycles. The van der Waals surface area contributed by atoms with Gasteiger partial charge in [-0.05, 0) is 253 Å². The molecule has 4 aliphatic carbocycles. The molecule has 4 atom stereocenters. The lowest BCUT2D eigenvalue weighted by molar-refractivity contribution is -0.669. The van der Waals surface area contributed by atoms with Gasteiger partial charge in [0.1, 0.15) is 42.2 Å². The third kappa shape index (κ3) is 23.5. The van der Waals surface area contributed by atoms with Gasteiger partial charge in [0.05, 0.1) is 52.1 Å². The summed E-state index contributed by atoms with van der Waals surface area (Å²) < 4.78 is 136. The summed E-state index contributed by atoms with van der Waals surface area (Å²) in [4.78, 5) is 43.7. The maximum absolute atomic E-state index is 13.5. The van der Waals surface area contributed by atoms with Crippen LogP contribution < -0.4 is 27.2 Å². The molecular formula is C85H95Cl5F10N4O8. The SMILES string of the molecule is FC(F)(F)c1ccc(OC2CCCN(CC3(c4ccc(Cl)cc4)CCC3)C2)cc1.Fc1ccc(C(F)(F)F)cc1.O=C(N1CCCC(O)C1)C1(c2ccc(Cl)cc2)CCC1.O=C(N1CCCC(Oc2ccc(C(F)(F)F)cc2)C1)C1(c2ccc(Cl)cc2)CCC1.O=C(O)C1(c2ccc(Cl)cc2)CCC1.OC1CCC[NH2+]C1.[Cl-]. The molecule has 27 heteroatoms. The Kier molecular flexibility index (Phi) is 31.5. The summed E-state index contributed by atoms with van der Waals surface area (Å²) >= 11 is 23.8. The molecule has 0 aromatic heterocycles. The number of ether oxygens (including phenoxy) is 2. The molecule has 15 rings (SSSR count). The Hall–Kier alpha value is -6.86. The Morgan fingerprint density at radius 3 is 1.10 bits per heavy atom. The van der Waals surface area contributed by atoms with E-state index in [4.69, 9.17) is 61.0 Å². The first-order valence-corrected chi connectivity index (χ1v) is 39.6. The number of nitrogens with zero attached hydrogens (tertiary/aromatic N) is 3. The normalized spacial score (nSPS) is 21.4. The topological polar surface area (TPSA) is 157 Å². The molecule has 8 fully saturated rings. The second-order valence-electron chi connectivity index (χ2n) is 30.2. The van der Waals surface area contributed by atoms with Gasteiger partial charge in [-0.15, -0.1) is 0 Å². The predicted molar refractivity (Wildman–Crippen MR) is 409 cm³/mol. The van der Waals surface area contributed by atoms with Crippen molar-refractivity contribution in [3.8, 4) is 11.5 Å². The van der Waals surface area contributed by atoms with Crippen LogP contribution in [0.15, 0.2) is 170 Å². The Bertz CT molecular complexity index is 4110. The summed E-state index contributed by atoms with van der Waals surface area (Å²) in [6, 6.07) is 43.2. The number of nitrogens with two attached hydrogens (primary N) is 1. The summed E-state index contributed by atoms with van der Waals surface area (Å²) in [6.07, 6.45) is 5.31. The van der Waals surface area contributed by atoms with Crippen LogP contribution in [0, 0.1) is 5.82 Å². The van der Waals surface area contributed by atoms with Crippen molar-refractivity contribution >= 4 is 64.2 Å². The molecule has 7 aromatic carbocycles. The summed E-state index contributed by atoms with van der Waals surface area (Å²) in [7, 11) is 0. The molecule has 7 aromatic rings. The number of hydrogen-bond donors (Lipinski definition) is 4. The maximum Gasteiger partial charge on any atom is 0.416 e. The molecule has 2 amide bonds. The zero-order valence-corrected chi connectivity index (χ0v) is 65.7. The lowest BCUT2D eigenvalue weighted by Gasteiger charge is -2.47. The molecule has 0 spiro atoms. The lowest BCUT2D eigenvalue weighted by atomic mass is 9.63. The van der Waals surface area contributed by atoms with E-state index in [1.54, 1.807) is 12.1 Å². The van der Waals surface area contributed by atoms with Crippen molar-refractivity contribution in [2.75, 3.05) is 58.9 Å². The molecule has 5 N–H and O–H groups in total. The number of aliphatic hydroxyl groups excluding tert-OH is 2. The van der Waals surface area contributed by atoms with E-state index in [-0.39, 0.29) is 59.5 Å². The lowest BCUT2D eigenvalue weighted by Crippen LogP contribution is -3.00. The second-order valence-corrected chi connectivity index (χ2v) is 32.0. The number of piperidine rings is 4. The highest BCUT2D eigenvalue weighted by Gasteiger charge is 2.51. The number of quaternary nitrogens is 1. The number of rotatable bonds is 13. The Balaban J connectivity index is 0.000000163. The minimum absolute atomic E-state index is 0. The van der Waals surface area contributed by atoms with E-state index >= 15 is 0 Å². The standard InChI is InChI=1S/C23H23ClF3NO2.C23H25ClF3NO.C16H20ClNO2.C11H11ClO2.C7H4F4.C5H11NO.ClH/c24-18-8-4-16(5-9-18)22(12-2-13-22)21(29)28-14-1-3-20(15-28)30-19-10-6-17(7-11-19)23(25,26)27;24-19-8-4-17(5-9-19)22(12-2-13-22)16-28-14-1-3-21(15-28)29-20-10-6-18(7-11-20)23(25,26)27;17-13-6-4-12(5-7-13)16(8-2-9-16)15(20)18-10-1-3-14(19)11-18;12-9-4-2-8(3-5-9)11(10(13)14)6-1-7-11;8-6-3-1-5(2-4-6)7(9,10)11;7-5-2-1-3-6-4-5;/h4-11,20H,1-3,12-15H2;4-11,21H,1-3,12-16H2;4-7,14,19H,1-3,8-11H2;2-5H,1,6-7H2,(H,13,14);1-4H;5-7H,1-4H2;1H. The third-order valence-corrected chi connectivity index (χ3v) is 23.7. The number of hydrogen-bond acceptors (Lipinski definition) is 8. The van der Waals surface area contributed by atoms with Crippen LogP contribution in [0.3, 0.4) is 0 Å². The third-order valence-electron chi connectivity index (χ3n) is 22.7. The van der Waals surface area contributed by atoms with Crippen LogP contribution in [0.1, 0.15) is 167 Å². The summed E-state index contributed by atoms with van der Waals surface area (Å²) in [5, 5.41) is 32.7. The molecule has 0 radical (unpaired) electrons. The van der Waals surface area contributed by atoms with Crippen LogP contribution in [-0.4, -0.2) is 131 Å². The quantitative estimate of drug-likeness (QED) is 0.0825. The van der Waals surface area contributed by atoms with Gasteiger partial charge in [0.2, 0.25) is 11.8 Å². The van der Waals surface area contributed by atoms with Gasteiger partial charge in [-0.3, -0.25) is 19.3 Å². The van der Waals surface area contributed by atoms with E-state index in [2.05, 4.69) is 22.3 Å². The number of halogens is 15. The van der Waals surface area contributed by atoms with E-state index in [1.165, 1.54) is 62.1 Å². The fourth-order valence-corrected chi connectivity index (χ4v) is 16.3. The number of carbonyl (C=O) groups is 3. The Labute approximate surface area is 673 Å². The smallest absolute Gasteiger partial charge is 0.416 e. The number of carbonyl (C=O) groups excluding carboxylic acids is 2. The number of β-amino-alcohol motifs (C(OH)–C–C–N with tert-alkyl or cyclic N) is 1. The van der Waals surface area contributed by atoms with Crippen molar-refractivity contribution in [3.05, 3.63) is 235 Å². The van der Waals surface area contributed by atoms with Crippen molar-refractivity contribution in [1.29, 1.82) is 0 Å². The van der Waals surface area contributed by atoms with Gasteiger partial charge < -0.3 is 52.3 Å². The van der Waals surface area contributed by atoms with Crippen molar-refractivity contribution in [2.24, 2.45) is 0 Å². The van der Waals surface area contributed by atoms with Gasteiger partial charge in [0.25, 0.3) is 0 Å². The maximum atomic E-state index is 13.5. The average Bonchev–Trinajstić information content (AvgIpc) is 0.762. The monoisotopic (exact) mass is 1660 g/mol. The Morgan fingerprint density at radius 2 is 0.768 bits per heavy atom. The van der Waals surface area contributed by atoms with Gasteiger partial charge in [0, 0.05) is 58.2 Å². The number of alkyl halides is 9. The largest absolute Gasteiger partial charge is 1.00 e. The van der Waals surface area contributed by atoms with Gasteiger partial charge in [-0.25, -0.2) is 4.39 Å². The van der Waals surface area contributed by atoms with Gasteiger partial charge >= 0.3 is 24.5 Å². The van der Waals surface area contributed by atoms with Crippen LogP contribution in [0.25, 0.3) is 0 Å². The molecule has 4 heterocycles. The van der Waals surface area contributed by atoms with Crippen molar-refractivity contribution in [3.63, 3.8) is 0 Å². The molecule has 4 saturated heterocycles. The first-order valence-electron chi connectivity index (χ1n) is 38.1. The van der Waals surface area contributed by atoms with E-state index in [0.29, 0.717) is 58.3 Å². The summed E-state index contributed by atoms with van der Waals surface area (Å²) in [5.74, 6) is -0.204. The number of amides is 2. The number of likely N-dealkylation sites (tertiary alicyclic amines) is 3. The fourth-order valence-electron chi connectivity index (χ4n) is 15.8. The number of carboxylic acid groups (broad SMARTS) is 1. The molecule has 8 aliphatic rings. The summed E-state index contributed by atoms with van der Waals surface area (Å²) in [5.41, 5.74) is 0.772. The molecule has 112 heavy (non-hydrogen) atoms. The van der Waals surface area contributed by atoms with Crippen LogP contribution >= 0.6 is 46.4 Å². The minimum Gasteiger partial charge on any atom is -1.00 e. The highest BCUT2D eigenvalue weighted by molar-refractivity contribution is 6.31. The molecule has 4 saturated carbocycles. The minimum atomic E-state index is -4.38. The van der Waals surface area contributed by atoms with Gasteiger partial charge in [-0.2, -0.15) is 39.5 Å². The van der Waals surface area contributed by atoms with Crippen molar-refractivity contribution in [2.45, 2.75) is 193 Å². The molecule has 12 nitrogen and oxygen atoms in total. The second kappa shape index (κ2) is 39.7. The number of benzene rings is 7. The van der Waals surface area contributed by atoms with Crippen LogP contribution in [-0.2, 0) is 54.6 Å². The zero-order chi connectivity index (χ0) is 79.8. The molecule has 608 valence electrons. The number of carboxylic acids is 1. The van der Waals surface area contributed by atoms with E-state index < -0.39 is 57.8 Å². The van der Waals surface area contributed by atoms with Crippen LogP contribution in [0.4, 0.5) is 43.9 Å². The Morgan fingerprint density at radius 1 is 0.420 bits per heavy atom. The van der Waals surface area contributed by atoms with Crippen LogP contribution in [0.5, 0.6) is 11.5 Å². The first kappa shape index (κ1) is 89.1. The van der Waals surface area contributed by atoms with E-state index in [0.717, 1.165) is 194 Å². The zero-order valence-electron chi connectivity index (χ0n) is 62.0.